The van der Waals surface area contributed by atoms with Crippen molar-refractivity contribution in [3.8, 4) is 10.6 Å². The minimum atomic E-state index is 0.892. The van der Waals surface area contributed by atoms with Gasteiger partial charge in [-0.3, -0.25) is 4.98 Å². The van der Waals surface area contributed by atoms with Crippen molar-refractivity contribution in [2.24, 2.45) is 0 Å². The van der Waals surface area contributed by atoms with Crippen LogP contribution in [0.25, 0.3) is 21.5 Å². The highest BCUT2D eigenvalue weighted by atomic mass is 32.1. The van der Waals surface area contributed by atoms with Crippen LogP contribution in [0.1, 0.15) is 11.8 Å². The zero-order valence-electron chi connectivity index (χ0n) is 10.8. The van der Waals surface area contributed by atoms with Crippen LogP contribution in [0, 0.1) is 0 Å². The first-order valence-electron chi connectivity index (χ1n) is 6.37. The summed E-state index contributed by atoms with van der Waals surface area (Å²) in [5.74, 6) is 0. The van der Waals surface area contributed by atoms with Crippen molar-refractivity contribution in [3.63, 3.8) is 0 Å². The van der Waals surface area contributed by atoms with Crippen LogP contribution in [0.2, 0.25) is 0 Å². The second-order valence-electron chi connectivity index (χ2n) is 4.32. The van der Waals surface area contributed by atoms with Crippen molar-refractivity contribution < 1.29 is 0 Å². The molecule has 0 radical (unpaired) electrons. The van der Waals surface area contributed by atoms with E-state index in [0.717, 1.165) is 34.6 Å². The van der Waals surface area contributed by atoms with Crippen LogP contribution in [0.5, 0.6) is 0 Å². The molecule has 3 rings (SSSR count). The highest BCUT2D eigenvalue weighted by molar-refractivity contribution is 7.15. The van der Waals surface area contributed by atoms with E-state index in [1.807, 2.05) is 18.5 Å². The third-order valence-electron chi connectivity index (χ3n) is 2.95. The standard InChI is InChI=1S/C15H15N3S/c1-2-16-9-13-10-18-15(19-13)12-5-6-14-11(8-12)4-3-7-17-14/h3-8,10,16H,2,9H2,1H3. The zero-order valence-corrected chi connectivity index (χ0v) is 11.6. The van der Waals surface area contributed by atoms with Crippen LogP contribution in [0.3, 0.4) is 0 Å². The average Bonchev–Trinajstić information content (AvgIpc) is 2.93. The number of rotatable bonds is 4. The van der Waals surface area contributed by atoms with Crippen LogP contribution >= 0.6 is 11.3 Å². The summed E-state index contributed by atoms with van der Waals surface area (Å²) in [6.07, 6.45) is 3.77. The van der Waals surface area contributed by atoms with Gasteiger partial charge in [-0.1, -0.05) is 13.0 Å². The second kappa shape index (κ2) is 5.47. The Morgan fingerprint density at radius 3 is 3.05 bits per heavy atom. The van der Waals surface area contributed by atoms with E-state index in [1.165, 1.54) is 4.88 Å². The van der Waals surface area contributed by atoms with Gasteiger partial charge in [0.25, 0.3) is 0 Å². The molecule has 0 spiro atoms. The van der Waals surface area contributed by atoms with Crippen LogP contribution in [-0.4, -0.2) is 16.5 Å². The molecule has 0 unspecified atom stereocenters. The van der Waals surface area contributed by atoms with Gasteiger partial charge in [0.05, 0.1) is 5.52 Å². The predicted octanol–water partition coefficient (Wildman–Crippen LogP) is 3.47. The summed E-state index contributed by atoms with van der Waals surface area (Å²) in [4.78, 5) is 10.1. The molecule has 96 valence electrons. The van der Waals surface area contributed by atoms with Gasteiger partial charge in [-0.15, -0.1) is 11.3 Å². The molecule has 2 aromatic heterocycles. The molecule has 0 atom stereocenters. The van der Waals surface area contributed by atoms with E-state index in [1.54, 1.807) is 11.3 Å². The molecule has 0 saturated carbocycles. The number of aromatic nitrogens is 2. The highest BCUT2D eigenvalue weighted by Crippen LogP contribution is 2.27. The third-order valence-corrected chi connectivity index (χ3v) is 4.00. The Bertz CT molecular complexity index is 690. The lowest BCUT2D eigenvalue weighted by molar-refractivity contribution is 0.734. The number of hydrogen-bond acceptors (Lipinski definition) is 4. The molecule has 1 aromatic carbocycles. The van der Waals surface area contributed by atoms with Crippen molar-refractivity contribution in [3.05, 3.63) is 47.6 Å². The maximum Gasteiger partial charge on any atom is 0.123 e. The van der Waals surface area contributed by atoms with Crippen molar-refractivity contribution >= 4 is 22.2 Å². The van der Waals surface area contributed by atoms with E-state index in [4.69, 9.17) is 0 Å². The lowest BCUT2D eigenvalue weighted by Crippen LogP contribution is -2.10. The quantitative estimate of drug-likeness (QED) is 0.788. The molecule has 2 heterocycles. The number of nitrogens with zero attached hydrogens (tertiary/aromatic N) is 2. The van der Waals surface area contributed by atoms with Gasteiger partial charge in [0.15, 0.2) is 0 Å². The van der Waals surface area contributed by atoms with Gasteiger partial charge in [0, 0.05) is 34.8 Å². The largest absolute Gasteiger partial charge is 0.312 e. The van der Waals surface area contributed by atoms with Crippen molar-refractivity contribution in [2.45, 2.75) is 13.5 Å². The molecule has 1 N–H and O–H groups in total. The maximum absolute atomic E-state index is 4.50. The zero-order chi connectivity index (χ0) is 13.1. The van der Waals surface area contributed by atoms with E-state index >= 15 is 0 Å². The summed E-state index contributed by atoms with van der Waals surface area (Å²) < 4.78 is 0. The fraction of sp³-hybridized carbons (Fsp3) is 0.200. The summed E-state index contributed by atoms with van der Waals surface area (Å²) in [5, 5.41) is 5.54. The third kappa shape index (κ3) is 2.64. The van der Waals surface area contributed by atoms with Gasteiger partial charge in [-0.25, -0.2) is 4.98 Å². The molecular formula is C15H15N3S. The molecule has 0 aliphatic rings. The van der Waals surface area contributed by atoms with Gasteiger partial charge in [-0.2, -0.15) is 0 Å². The number of fused-ring (bicyclic) bond motifs is 1. The highest BCUT2D eigenvalue weighted by Gasteiger charge is 2.05. The van der Waals surface area contributed by atoms with E-state index in [9.17, 15) is 0 Å². The van der Waals surface area contributed by atoms with Gasteiger partial charge in [-0.05, 0) is 30.8 Å². The summed E-state index contributed by atoms with van der Waals surface area (Å²) in [6.45, 7) is 3.98. The van der Waals surface area contributed by atoms with Crippen LogP contribution in [-0.2, 0) is 6.54 Å². The van der Waals surface area contributed by atoms with E-state index in [2.05, 4.69) is 46.5 Å². The average molecular weight is 269 g/mol. The first-order valence-corrected chi connectivity index (χ1v) is 7.19. The number of benzene rings is 1. The Morgan fingerprint density at radius 1 is 1.21 bits per heavy atom. The number of hydrogen-bond donors (Lipinski definition) is 1. The van der Waals surface area contributed by atoms with Crippen molar-refractivity contribution in [2.75, 3.05) is 6.54 Å². The molecule has 0 amide bonds. The van der Waals surface area contributed by atoms with E-state index in [0.29, 0.717) is 0 Å². The molecule has 0 fully saturated rings. The maximum atomic E-state index is 4.50. The normalized spacial score (nSPS) is 11.0. The molecule has 3 nitrogen and oxygen atoms in total. The topological polar surface area (TPSA) is 37.8 Å². The fourth-order valence-corrected chi connectivity index (χ4v) is 2.86. The number of nitrogens with one attached hydrogen (secondary N) is 1. The molecule has 0 saturated heterocycles. The molecule has 0 aliphatic carbocycles. The van der Waals surface area contributed by atoms with Gasteiger partial charge in [0.1, 0.15) is 5.01 Å². The van der Waals surface area contributed by atoms with Crippen LogP contribution in [0.15, 0.2) is 42.7 Å². The number of thiazole rings is 1. The molecule has 4 heteroatoms. The Labute approximate surface area is 116 Å². The van der Waals surface area contributed by atoms with Crippen LogP contribution < -0.4 is 5.32 Å². The van der Waals surface area contributed by atoms with E-state index in [-0.39, 0.29) is 0 Å². The molecule has 0 aliphatic heterocycles. The molecule has 0 bridgehead atoms. The van der Waals surface area contributed by atoms with Crippen molar-refractivity contribution in [1.29, 1.82) is 0 Å². The van der Waals surface area contributed by atoms with E-state index < -0.39 is 0 Å². The Balaban J connectivity index is 1.92. The van der Waals surface area contributed by atoms with Gasteiger partial charge >= 0.3 is 0 Å². The fourth-order valence-electron chi connectivity index (χ4n) is 1.98. The predicted molar refractivity (Wildman–Crippen MR) is 80.2 cm³/mol. The first-order chi connectivity index (χ1) is 9.36. The monoisotopic (exact) mass is 269 g/mol. The Morgan fingerprint density at radius 2 is 2.16 bits per heavy atom. The Hall–Kier alpha value is -1.78. The summed E-state index contributed by atoms with van der Waals surface area (Å²) in [5.41, 5.74) is 2.18. The minimum Gasteiger partial charge on any atom is -0.312 e. The second-order valence-corrected chi connectivity index (χ2v) is 5.44. The SMILES string of the molecule is CCNCc1cnc(-c2ccc3ncccc3c2)s1. The molecule has 19 heavy (non-hydrogen) atoms. The lowest BCUT2D eigenvalue weighted by atomic mass is 10.1. The van der Waals surface area contributed by atoms with Gasteiger partial charge < -0.3 is 5.32 Å². The first kappa shape index (κ1) is 12.3. The minimum absolute atomic E-state index is 0.892. The molecule has 3 aromatic rings. The van der Waals surface area contributed by atoms with Gasteiger partial charge in [0.2, 0.25) is 0 Å². The Kier molecular flexibility index (Phi) is 3.53. The summed E-state index contributed by atoms with van der Waals surface area (Å²) >= 11 is 1.74. The number of pyridine rings is 1. The summed E-state index contributed by atoms with van der Waals surface area (Å²) in [6, 6.07) is 10.3. The lowest BCUT2D eigenvalue weighted by Gasteiger charge is -2.00. The molecular weight excluding hydrogens is 254 g/mol. The van der Waals surface area contributed by atoms with Crippen LogP contribution in [0.4, 0.5) is 0 Å². The smallest absolute Gasteiger partial charge is 0.123 e. The van der Waals surface area contributed by atoms with Crippen molar-refractivity contribution in [1.82, 2.24) is 15.3 Å². The summed E-state index contributed by atoms with van der Waals surface area (Å²) in [7, 11) is 0.